The molecular weight excluding hydrogens is 160 g/mol. The molecule has 76 valence electrons. The second-order valence-electron chi connectivity index (χ2n) is 4.63. The summed E-state index contributed by atoms with van der Waals surface area (Å²) in [6.07, 6.45) is 6.98. The maximum atomic E-state index is 5.62. The second-order valence-corrected chi connectivity index (χ2v) is 4.63. The van der Waals surface area contributed by atoms with Gasteiger partial charge >= 0.3 is 0 Å². The maximum absolute atomic E-state index is 5.62. The number of nitrogens with zero attached hydrogens (tertiary/aromatic N) is 1. The number of hydrogen-bond donors (Lipinski definition) is 1. The molecule has 2 unspecified atom stereocenters. The van der Waals surface area contributed by atoms with E-state index < -0.39 is 0 Å². The molecule has 0 aliphatic carbocycles. The number of hydrogen-bond acceptors (Lipinski definition) is 2. The number of piperidine rings is 1. The Morgan fingerprint density at radius 1 is 1.23 bits per heavy atom. The van der Waals surface area contributed by atoms with E-state index in [2.05, 4.69) is 11.8 Å². The molecule has 0 aromatic heterocycles. The van der Waals surface area contributed by atoms with Crippen LogP contribution in [0.1, 0.15) is 39.0 Å². The molecule has 2 heteroatoms. The van der Waals surface area contributed by atoms with Crippen molar-refractivity contribution in [1.29, 1.82) is 0 Å². The van der Waals surface area contributed by atoms with Crippen LogP contribution in [0.15, 0.2) is 0 Å². The molecule has 0 saturated carbocycles. The Morgan fingerprint density at radius 3 is 2.31 bits per heavy atom. The van der Waals surface area contributed by atoms with Crippen LogP contribution in [0.4, 0.5) is 0 Å². The van der Waals surface area contributed by atoms with Crippen LogP contribution in [-0.4, -0.2) is 30.1 Å². The van der Waals surface area contributed by atoms with Crippen LogP contribution >= 0.6 is 0 Å². The smallest absolute Gasteiger partial charge is 0.0101 e. The van der Waals surface area contributed by atoms with Crippen molar-refractivity contribution in [1.82, 2.24) is 4.90 Å². The summed E-state index contributed by atoms with van der Waals surface area (Å²) in [5.41, 5.74) is 5.62. The van der Waals surface area contributed by atoms with Gasteiger partial charge in [0.25, 0.3) is 0 Å². The lowest BCUT2D eigenvalue weighted by Gasteiger charge is -2.38. The number of rotatable bonds is 3. The SMILES string of the molecule is CCN1C2CCC1CC(CCN)C2. The van der Waals surface area contributed by atoms with Gasteiger partial charge in [-0.15, -0.1) is 0 Å². The van der Waals surface area contributed by atoms with E-state index in [4.69, 9.17) is 5.73 Å². The Morgan fingerprint density at radius 2 is 1.85 bits per heavy atom. The Bertz CT molecular complexity index is 155. The summed E-state index contributed by atoms with van der Waals surface area (Å²) >= 11 is 0. The summed E-state index contributed by atoms with van der Waals surface area (Å²) in [7, 11) is 0. The van der Waals surface area contributed by atoms with Crippen molar-refractivity contribution in [2.45, 2.75) is 51.1 Å². The molecule has 2 heterocycles. The molecule has 0 aromatic rings. The fraction of sp³-hybridized carbons (Fsp3) is 1.00. The van der Waals surface area contributed by atoms with Crippen LogP contribution in [0, 0.1) is 5.92 Å². The Labute approximate surface area is 81.5 Å². The van der Waals surface area contributed by atoms with Gasteiger partial charge in [0.2, 0.25) is 0 Å². The van der Waals surface area contributed by atoms with Gasteiger partial charge in [-0.2, -0.15) is 0 Å². The lowest BCUT2D eigenvalue weighted by molar-refractivity contribution is 0.107. The lowest BCUT2D eigenvalue weighted by atomic mass is 9.88. The Balaban J connectivity index is 1.94. The van der Waals surface area contributed by atoms with Crippen LogP contribution in [0.2, 0.25) is 0 Å². The third-order valence-corrected chi connectivity index (χ3v) is 3.92. The summed E-state index contributed by atoms with van der Waals surface area (Å²) in [6.45, 7) is 4.44. The average molecular weight is 182 g/mol. The Hall–Kier alpha value is -0.0800. The summed E-state index contributed by atoms with van der Waals surface area (Å²) < 4.78 is 0. The first kappa shape index (κ1) is 9.47. The molecule has 2 bridgehead atoms. The minimum atomic E-state index is 0.885. The average Bonchev–Trinajstić information content (AvgIpc) is 2.37. The standard InChI is InChI=1S/C11H22N2/c1-2-13-10-3-4-11(13)8-9(7-10)5-6-12/h9-11H,2-8,12H2,1H3. The van der Waals surface area contributed by atoms with E-state index in [0.717, 1.165) is 24.5 Å². The van der Waals surface area contributed by atoms with Crippen molar-refractivity contribution < 1.29 is 0 Å². The van der Waals surface area contributed by atoms with Gasteiger partial charge in [0.05, 0.1) is 0 Å². The predicted octanol–water partition coefficient (Wildman–Crippen LogP) is 1.60. The Kier molecular flexibility index (Phi) is 2.89. The van der Waals surface area contributed by atoms with Crippen LogP contribution in [-0.2, 0) is 0 Å². The van der Waals surface area contributed by atoms with Gasteiger partial charge in [0.1, 0.15) is 0 Å². The normalized spacial score (nSPS) is 39.7. The highest BCUT2D eigenvalue weighted by atomic mass is 15.2. The van der Waals surface area contributed by atoms with Gasteiger partial charge in [-0.25, -0.2) is 0 Å². The van der Waals surface area contributed by atoms with Gasteiger partial charge in [0, 0.05) is 12.1 Å². The molecule has 2 aliphatic rings. The van der Waals surface area contributed by atoms with Crippen molar-refractivity contribution in [3.63, 3.8) is 0 Å². The van der Waals surface area contributed by atoms with E-state index in [-0.39, 0.29) is 0 Å². The van der Waals surface area contributed by atoms with Crippen LogP contribution in [0.3, 0.4) is 0 Å². The largest absolute Gasteiger partial charge is 0.330 e. The first-order valence-electron chi connectivity index (χ1n) is 5.81. The summed E-state index contributed by atoms with van der Waals surface area (Å²) in [4.78, 5) is 2.72. The molecule has 2 rings (SSSR count). The first-order valence-corrected chi connectivity index (χ1v) is 5.81. The van der Waals surface area contributed by atoms with Crippen molar-refractivity contribution in [2.24, 2.45) is 11.7 Å². The molecule has 0 radical (unpaired) electrons. The van der Waals surface area contributed by atoms with Crippen molar-refractivity contribution >= 4 is 0 Å². The zero-order valence-electron chi connectivity index (χ0n) is 8.71. The zero-order chi connectivity index (χ0) is 9.26. The molecule has 2 fully saturated rings. The predicted molar refractivity (Wildman–Crippen MR) is 55.6 cm³/mol. The molecule has 2 atom stereocenters. The van der Waals surface area contributed by atoms with Gasteiger partial charge in [0.15, 0.2) is 0 Å². The monoisotopic (exact) mass is 182 g/mol. The molecule has 2 saturated heterocycles. The maximum Gasteiger partial charge on any atom is 0.0101 e. The van der Waals surface area contributed by atoms with Gasteiger partial charge in [-0.1, -0.05) is 6.92 Å². The molecule has 2 aliphatic heterocycles. The number of fused-ring (bicyclic) bond motifs is 2. The highest BCUT2D eigenvalue weighted by molar-refractivity contribution is 4.94. The van der Waals surface area contributed by atoms with Gasteiger partial charge in [-0.05, 0) is 51.1 Å². The van der Waals surface area contributed by atoms with E-state index >= 15 is 0 Å². The third-order valence-electron chi connectivity index (χ3n) is 3.92. The van der Waals surface area contributed by atoms with Crippen molar-refractivity contribution in [3.8, 4) is 0 Å². The fourth-order valence-electron chi connectivity index (χ4n) is 3.37. The van der Waals surface area contributed by atoms with E-state index in [1.807, 2.05) is 0 Å². The van der Waals surface area contributed by atoms with E-state index in [1.54, 1.807) is 0 Å². The van der Waals surface area contributed by atoms with E-state index in [9.17, 15) is 0 Å². The van der Waals surface area contributed by atoms with Crippen LogP contribution in [0.5, 0.6) is 0 Å². The highest BCUT2D eigenvalue weighted by Crippen LogP contribution is 2.39. The molecule has 2 N–H and O–H groups in total. The molecule has 13 heavy (non-hydrogen) atoms. The lowest BCUT2D eigenvalue weighted by Crippen LogP contribution is -2.42. The third kappa shape index (κ3) is 1.75. The zero-order valence-corrected chi connectivity index (χ0v) is 8.71. The van der Waals surface area contributed by atoms with Crippen molar-refractivity contribution in [3.05, 3.63) is 0 Å². The molecule has 0 aromatic carbocycles. The van der Waals surface area contributed by atoms with Crippen LogP contribution < -0.4 is 5.73 Å². The summed E-state index contributed by atoms with van der Waals surface area (Å²) in [5.74, 6) is 0.935. The van der Waals surface area contributed by atoms with Crippen molar-refractivity contribution in [2.75, 3.05) is 13.1 Å². The van der Waals surface area contributed by atoms with E-state index in [1.165, 1.54) is 38.6 Å². The molecule has 2 nitrogen and oxygen atoms in total. The minimum Gasteiger partial charge on any atom is -0.330 e. The molecule has 0 amide bonds. The summed E-state index contributed by atoms with van der Waals surface area (Å²) in [6, 6.07) is 1.81. The minimum absolute atomic E-state index is 0.885. The van der Waals surface area contributed by atoms with Gasteiger partial charge in [-0.3, -0.25) is 4.90 Å². The topological polar surface area (TPSA) is 29.3 Å². The molecular formula is C11H22N2. The molecule has 0 spiro atoms. The highest BCUT2D eigenvalue weighted by Gasteiger charge is 2.38. The quantitative estimate of drug-likeness (QED) is 0.718. The summed E-state index contributed by atoms with van der Waals surface area (Å²) in [5, 5.41) is 0. The second kappa shape index (κ2) is 3.97. The van der Waals surface area contributed by atoms with E-state index in [0.29, 0.717) is 0 Å². The number of nitrogens with two attached hydrogens (primary N) is 1. The first-order chi connectivity index (χ1) is 6.35. The fourth-order valence-corrected chi connectivity index (χ4v) is 3.37. The van der Waals surface area contributed by atoms with Crippen LogP contribution in [0.25, 0.3) is 0 Å². The van der Waals surface area contributed by atoms with Gasteiger partial charge < -0.3 is 5.73 Å².